The summed E-state index contributed by atoms with van der Waals surface area (Å²) in [7, 11) is 2.35. The van der Waals surface area contributed by atoms with Crippen molar-refractivity contribution in [3.8, 4) is 0 Å². The Hall–Kier alpha value is -2.25. The molecule has 4 rings (SSSR count). The van der Waals surface area contributed by atoms with Crippen LogP contribution in [0.5, 0.6) is 0 Å². The van der Waals surface area contributed by atoms with Gasteiger partial charge in [-0.3, -0.25) is 0 Å². The summed E-state index contributed by atoms with van der Waals surface area (Å²) in [6, 6.07) is 8.57. The highest BCUT2D eigenvalue weighted by atomic mass is 31.0. The molecule has 0 radical (unpaired) electrons. The number of aromatic nitrogens is 4. The Kier molecular flexibility index (Phi) is 5.93. The maximum absolute atomic E-state index is 13.0. The molecule has 160 valence electrons. The van der Waals surface area contributed by atoms with Crippen LogP contribution in [0, 0.1) is 5.92 Å². The van der Waals surface area contributed by atoms with Crippen LogP contribution in [0.4, 0.5) is 19.0 Å². The monoisotopic (exact) mass is 436 g/mol. The number of fused-ring (bicyclic) bond motifs is 2. The minimum Gasteiger partial charge on any atom is -0.366 e. The van der Waals surface area contributed by atoms with Gasteiger partial charge in [-0.05, 0) is 39.3 Å². The first kappa shape index (κ1) is 21.0. The molecule has 2 atom stereocenters. The number of anilines is 1. The molecule has 30 heavy (non-hydrogen) atoms. The Labute approximate surface area is 175 Å². The molecule has 0 saturated carbocycles. The van der Waals surface area contributed by atoms with Crippen molar-refractivity contribution in [3.05, 3.63) is 47.4 Å². The van der Waals surface area contributed by atoms with Crippen molar-refractivity contribution in [2.45, 2.75) is 25.9 Å². The van der Waals surface area contributed by atoms with Gasteiger partial charge in [0.2, 0.25) is 5.82 Å². The van der Waals surface area contributed by atoms with Crippen molar-refractivity contribution in [1.82, 2.24) is 24.4 Å². The third kappa shape index (κ3) is 4.57. The average Bonchev–Trinajstić information content (AvgIpc) is 2.89. The van der Waals surface area contributed by atoms with Crippen LogP contribution < -0.4 is 5.32 Å². The molecule has 0 bridgehead atoms. The quantitative estimate of drug-likeness (QED) is 0.619. The Balaban J connectivity index is 1.39. The van der Waals surface area contributed by atoms with Crippen molar-refractivity contribution in [3.63, 3.8) is 0 Å². The molecule has 10 heteroatoms. The molecular weight excluding hydrogens is 412 g/mol. The molecule has 1 N–H and O–H groups in total. The van der Waals surface area contributed by atoms with E-state index in [0.717, 1.165) is 38.7 Å². The molecule has 1 aromatic carbocycles. The molecule has 1 aliphatic rings. The van der Waals surface area contributed by atoms with Crippen molar-refractivity contribution >= 4 is 26.2 Å². The van der Waals surface area contributed by atoms with Gasteiger partial charge in [-0.1, -0.05) is 31.2 Å². The molecule has 3 heterocycles. The number of alkyl halides is 3. The lowest BCUT2D eigenvalue weighted by molar-refractivity contribution is -0.144. The predicted molar refractivity (Wildman–Crippen MR) is 113 cm³/mol. The second-order valence-corrected chi connectivity index (χ2v) is 8.26. The van der Waals surface area contributed by atoms with Gasteiger partial charge >= 0.3 is 6.18 Å². The Morgan fingerprint density at radius 3 is 2.47 bits per heavy atom. The summed E-state index contributed by atoms with van der Waals surface area (Å²) in [4.78, 5) is 9.54. The number of hydrogen-bond acceptors (Lipinski definition) is 5. The summed E-state index contributed by atoms with van der Waals surface area (Å²) in [5.74, 6) is -0.531. The van der Waals surface area contributed by atoms with Crippen LogP contribution >= 0.6 is 9.39 Å². The van der Waals surface area contributed by atoms with Crippen LogP contribution in [0.2, 0.25) is 0 Å². The zero-order valence-electron chi connectivity index (χ0n) is 16.7. The smallest absolute Gasteiger partial charge is 0.366 e. The van der Waals surface area contributed by atoms with Gasteiger partial charge < -0.3 is 10.2 Å². The zero-order chi connectivity index (χ0) is 21.3. The Bertz CT molecular complexity index is 1010. The molecule has 0 spiro atoms. The van der Waals surface area contributed by atoms with Crippen LogP contribution in [0.25, 0.3) is 11.0 Å². The molecule has 0 amide bonds. The Morgan fingerprint density at radius 2 is 1.83 bits per heavy atom. The van der Waals surface area contributed by atoms with Crippen LogP contribution in [0.3, 0.4) is 0 Å². The largest absolute Gasteiger partial charge is 0.451 e. The van der Waals surface area contributed by atoms with Gasteiger partial charge in [0.05, 0.1) is 6.20 Å². The van der Waals surface area contributed by atoms with Crippen molar-refractivity contribution in [2.24, 2.45) is 5.92 Å². The number of halogens is 3. The molecule has 0 saturated heterocycles. The first-order valence-electron chi connectivity index (χ1n) is 9.92. The third-order valence-corrected chi connectivity index (χ3v) is 5.80. The first-order valence-corrected chi connectivity index (χ1v) is 10.4. The average molecular weight is 436 g/mol. The molecule has 0 fully saturated rings. The van der Waals surface area contributed by atoms with Gasteiger partial charge in [-0.15, -0.1) is 5.10 Å². The van der Waals surface area contributed by atoms with Crippen LogP contribution in [0.1, 0.15) is 23.9 Å². The third-order valence-electron chi connectivity index (χ3n) is 5.40. The highest BCUT2D eigenvalue weighted by molar-refractivity contribution is 7.14. The Morgan fingerprint density at radius 1 is 1.17 bits per heavy atom. The van der Waals surface area contributed by atoms with E-state index in [1.165, 1.54) is 15.6 Å². The summed E-state index contributed by atoms with van der Waals surface area (Å²) in [5, 5.41) is 7.44. The number of rotatable bonds is 5. The van der Waals surface area contributed by atoms with Crippen LogP contribution in [0.15, 0.2) is 30.5 Å². The summed E-state index contributed by atoms with van der Waals surface area (Å²) in [6.45, 7) is 5.63. The molecule has 3 aromatic rings. The number of hydrogen-bond donors (Lipinski definition) is 1. The first-order chi connectivity index (χ1) is 14.3. The summed E-state index contributed by atoms with van der Waals surface area (Å²) < 4.78 is 40.3. The minimum absolute atomic E-state index is 0.171. The van der Waals surface area contributed by atoms with Gasteiger partial charge in [-0.2, -0.15) is 13.2 Å². The summed E-state index contributed by atoms with van der Waals surface area (Å²) in [5.41, 5.74) is 3.44. The van der Waals surface area contributed by atoms with Crippen LogP contribution in [-0.2, 0) is 19.0 Å². The molecule has 2 unspecified atom stereocenters. The number of nitrogens with one attached hydrogen (secondary N) is 1. The van der Waals surface area contributed by atoms with Gasteiger partial charge in [0.1, 0.15) is 11.0 Å². The normalized spacial score (nSPS) is 16.3. The van der Waals surface area contributed by atoms with E-state index in [4.69, 9.17) is 0 Å². The fourth-order valence-corrected chi connectivity index (χ4v) is 4.16. The molecule has 1 aliphatic heterocycles. The standard InChI is InChI=1S/C20H24F3N6P/c1-13(12-28-8-6-14-4-2-3-5-15(14)7-9-28)10-24-18-17-16(29(30)27-18)11-25-19(26-17)20(21,22)23/h2-5,11,13H,6-10,12,30H2,1H3,(H,24,27). The van der Waals surface area contributed by atoms with Crippen LogP contribution in [-0.4, -0.2) is 50.6 Å². The van der Waals surface area contributed by atoms with Gasteiger partial charge in [0.15, 0.2) is 5.82 Å². The van der Waals surface area contributed by atoms with Crippen molar-refractivity contribution in [2.75, 3.05) is 31.5 Å². The van der Waals surface area contributed by atoms with E-state index in [1.54, 1.807) is 0 Å². The van der Waals surface area contributed by atoms with E-state index in [2.05, 4.69) is 65.9 Å². The minimum atomic E-state index is -4.59. The highest BCUT2D eigenvalue weighted by Gasteiger charge is 2.35. The second kappa shape index (κ2) is 8.47. The van der Waals surface area contributed by atoms with Gasteiger partial charge in [0.25, 0.3) is 0 Å². The van der Waals surface area contributed by atoms with E-state index in [9.17, 15) is 13.2 Å². The topological polar surface area (TPSA) is 58.9 Å². The molecular formula is C20H24F3N6P. The zero-order valence-corrected chi connectivity index (χ0v) is 17.8. The highest BCUT2D eigenvalue weighted by Crippen LogP contribution is 2.29. The molecule has 0 aliphatic carbocycles. The number of nitrogens with zero attached hydrogens (tertiary/aromatic N) is 5. The molecule has 2 aromatic heterocycles. The van der Waals surface area contributed by atoms with Crippen molar-refractivity contribution < 1.29 is 13.2 Å². The fraction of sp³-hybridized carbons (Fsp3) is 0.450. The van der Waals surface area contributed by atoms with Gasteiger partial charge in [-0.25, -0.2) is 14.4 Å². The SMILES string of the molecule is CC(CNc1nn(P)c2cnc(C(F)(F)F)nc12)CN1CCc2ccccc2CC1. The van der Waals surface area contributed by atoms with Gasteiger partial charge in [0, 0.05) is 26.2 Å². The van der Waals surface area contributed by atoms with E-state index in [0.29, 0.717) is 23.8 Å². The predicted octanol–water partition coefficient (Wildman–Crippen LogP) is 3.63. The lowest BCUT2D eigenvalue weighted by Crippen LogP contribution is -2.33. The lowest BCUT2D eigenvalue weighted by Gasteiger charge is -2.24. The summed E-state index contributed by atoms with van der Waals surface area (Å²) in [6.07, 6.45) is -1.37. The maximum Gasteiger partial charge on any atom is 0.451 e. The maximum atomic E-state index is 13.0. The second-order valence-electron chi connectivity index (χ2n) is 7.77. The number of benzene rings is 1. The summed E-state index contributed by atoms with van der Waals surface area (Å²) >= 11 is 0. The van der Waals surface area contributed by atoms with Crippen molar-refractivity contribution in [1.29, 1.82) is 0 Å². The van der Waals surface area contributed by atoms with E-state index >= 15 is 0 Å². The van der Waals surface area contributed by atoms with E-state index in [-0.39, 0.29) is 5.52 Å². The van der Waals surface area contributed by atoms with E-state index < -0.39 is 12.0 Å². The fourth-order valence-electron chi connectivity index (χ4n) is 3.86. The lowest BCUT2D eigenvalue weighted by atomic mass is 10.0. The van der Waals surface area contributed by atoms with E-state index in [1.807, 2.05) is 0 Å². The molecule has 6 nitrogen and oxygen atoms in total.